The molecule has 2 rings (SSSR count). The van der Waals surface area contributed by atoms with Crippen LogP contribution in [0.15, 0.2) is 18.6 Å². The summed E-state index contributed by atoms with van der Waals surface area (Å²) >= 11 is 0. The third-order valence-electron chi connectivity index (χ3n) is 2.81. The van der Waals surface area contributed by atoms with Gasteiger partial charge in [-0.05, 0) is 19.8 Å². The highest BCUT2D eigenvalue weighted by Gasteiger charge is 2.13. The highest BCUT2D eigenvalue weighted by molar-refractivity contribution is 5.52. The summed E-state index contributed by atoms with van der Waals surface area (Å²) in [6, 6.07) is 2.14. The number of hydrogen-bond donors (Lipinski definition) is 1. The van der Waals surface area contributed by atoms with Crippen molar-refractivity contribution < 1.29 is 0 Å². The van der Waals surface area contributed by atoms with Gasteiger partial charge < -0.3 is 10.3 Å². The second-order valence-corrected chi connectivity index (χ2v) is 4.98. The molecule has 5 heteroatoms. The minimum atomic E-state index is 0.315. The Kier molecular flexibility index (Phi) is 3.32. The van der Waals surface area contributed by atoms with Crippen molar-refractivity contribution in [2.24, 2.45) is 0 Å². The lowest BCUT2D eigenvalue weighted by Gasteiger charge is -2.12. The van der Waals surface area contributed by atoms with Gasteiger partial charge in [0.15, 0.2) is 5.82 Å². The summed E-state index contributed by atoms with van der Waals surface area (Å²) in [5.74, 6) is 1.47. The van der Waals surface area contributed by atoms with Gasteiger partial charge in [0, 0.05) is 17.8 Å². The van der Waals surface area contributed by atoms with E-state index in [1.807, 2.05) is 10.6 Å². The largest absolute Gasteiger partial charge is 0.384 e. The van der Waals surface area contributed by atoms with Crippen molar-refractivity contribution >= 4 is 5.82 Å². The number of hydrogen-bond acceptors (Lipinski definition) is 4. The first-order chi connectivity index (χ1) is 8.49. The highest BCUT2D eigenvalue weighted by Crippen LogP contribution is 2.22. The Labute approximate surface area is 107 Å². The van der Waals surface area contributed by atoms with E-state index in [4.69, 9.17) is 5.73 Å². The molecule has 2 aromatic rings. The minimum absolute atomic E-state index is 0.315. The van der Waals surface area contributed by atoms with Crippen LogP contribution in [0.4, 0.5) is 5.82 Å². The van der Waals surface area contributed by atoms with E-state index in [-0.39, 0.29) is 0 Å². The van der Waals surface area contributed by atoms with Gasteiger partial charge >= 0.3 is 0 Å². The van der Waals surface area contributed by atoms with Crippen LogP contribution in [0.5, 0.6) is 0 Å². The lowest BCUT2D eigenvalue weighted by molar-refractivity contribution is 0.603. The zero-order valence-electron chi connectivity index (χ0n) is 11.3. The lowest BCUT2D eigenvalue weighted by atomic mass is 10.1. The van der Waals surface area contributed by atoms with Crippen LogP contribution in [0.1, 0.15) is 45.3 Å². The highest BCUT2D eigenvalue weighted by atomic mass is 15.1. The molecular weight excluding hydrogens is 226 g/mol. The van der Waals surface area contributed by atoms with Crippen molar-refractivity contribution in [3.63, 3.8) is 0 Å². The Morgan fingerprint density at radius 1 is 1.17 bits per heavy atom. The Morgan fingerprint density at radius 3 is 2.50 bits per heavy atom. The maximum Gasteiger partial charge on any atom is 0.180 e. The lowest BCUT2D eigenvalue weighted by Crippen LogP contribution is -2.06. The predicted octanol–water partition coefficient (Wildman–Crippen LogP) is 2.63. The van der Waals surface area contributed by atoms with Crippen LogP contribution in [0.25, 0.3) is 11.5 Å². The first kappa shape index (κ1) is 12.5. The molecule has 0 aliphatic rings. The topological polar surface area (TPSA) is 69.6 Å². The number of imidazole rings is 1. The number of aromatic nitrogens is 4. The molecule has 2 aromatic heterocycles. The van der Waals surface area contributed by atoms with E-state index >= 15 is 0 Å². The Balaban J connectivity index is 2.53. The Hall–Kier alpha value is -1.91. The van der Waals surface area contributed by atoms with E-state index in [0.717, 1.165) is 11.4 Å². The van der Waals surface area contributed by atoms with Gasteiger partial charge in [-0.15, -0.1) is 0 Å². The molecule has 0 aromatic carbocycles. The molecule has 0 saturated heterocycles. The fraction of sp³-hybridized carbons (Fsp3) is 0.462. The van der Waals surface area contributed by atoms with Crippen LogP contribution >= 0.6 is 0 Å². The molecule has 0 amide bonds. The first-order valence-corrected chi connectivity index (χ1v) is 6.15. The summed E-state index contributed by atoms with van der Waals surface area (Å²) in [5, 5.41) is 0. The summed E-state index contributed by atoms with van der Waals surface area (Å²) < 4.78 is 2.04. The van der Waals surface area contributed by atoms with Gasteiger partial charge in [-0.2, -0.15) is 0 Å². The van der Waals surface area contributed by atoms with Crippen molar-refractivity contribution in [2.75, 3.05) is 5.73 Å². The smallest absolute Gasteiger partial charge is 0.180 e. The first-order valence-electron chi connectivity index (χ1n) is 6.15. The van der Waals surface area contributed by atoms with Crippen molar-refractivity contribution in [1.82, 2.24) is 19.5 Å². The van der Waals surface area contributed by atoms with Gasteiger partial charge in [0.05, 0.1) is 12.5 Å². The molecule has 18 heavy (non-hydrogen) atoms. The Morgan fingerprint density at radius 2 is 1.89 bits per heavy atom. The summed E-state index contributed by atoms with van der Waals surface area (Å²) in [6.45, 7) is 8.37. The second kappa shape index (κ2) is 4.76. The van der Waals surface area contributed by atoms with Gasteiger partial charge in [0.1, 0.15) is 11.5 Å². The number of nitrogen functional groups attached to an aromatic ring is 1. The van der Waals surface area contributed by atoms with E-state index in [9.17, 15) is 0 Å². The summed E-state index contributed by atoms with van der Waals surface area (Å²) in [7, 11) is 0. The van der Waals surface area contributed by atoms with E-state index in [1.54, 1.807) is 12.5 Å². The van der Waals surface area contributed by atoms with E-state index < -0.39 is 0 Å². The van der Waals surface area contributed by atoms with Crippen molar-refractivity contribution in [2.45, 2.75) is 39.7 Å². The molecule has 0 aliphatic heterocycles. The third kappa shape index (κ3) is 2.34. The van der Waals surface area contributed by atoms with Crippen LogP contribution < -0.4 is 5.73 Å². The molecule has 96 valence electrons. The van der Waals surface area contributed by atoms with Crippen LogP contribution in [-0.4, -0.2) is 19.5 Å². The van der Waals surface area contributed by atoms with Crippen molar-refractivity contribution in [1.29, 1.82) is 0 Å². The third-order valence-corrected chi connectivity index (χ3v) is 2.81. The van der Waals surface area contributed by atoms with Crippen LogP contribution in [-0.2, 0) is 0 Å². The molecule has 2 heterocycles. The van der Waals surface area contributed by atoms with Gasteiger partial charge in [0.2, 0.25) is 0 Å². The SMILES string of the molecule is CC(C)c1cc(N)nc(-c2cncn2C(C)C)n1. The average molecular weight is 245 g/mol. The normalized spacial score (nSPS) is 11.4. The second-order valence-electron chi connectivity index (χ2n) is 4.98. The van der Waals surface area contributed by atoms with Crippen LogP contribution in [0.2, 0.25) is 0 Å². The zero-order chi connectivity index (χ0) is 13.3. The maximum atomic E-state index is 5.85. The summed E-state index contributed by atoms with van der Waals surface area (Å²) in [5.41, 5.74) is 7.70. The summed E-state index contributed by atoms with van der Waals surface area (Å²) in [6.07, 6.45) is 3.57. The molecule has 2 N–H and O–H groups in total. The van der Waals surface area contributed by atoms with Gasteiger partial charge in [0.25, 0.3) is 0 Å². The Bertz CT molecular complexity index is 542. The molecule has 0 saturated carbocycles. The number of anilines is 1. The standard InChI is InChI=1S/C13H19N5/c1-8(2)10-5-12(14)17-13(16-10)11-6-15-7-18(11)9(3)4/h5-9H,1-4H3,(H2,14,16,17). The molecule has 0 fully saturated rings. The molecular formula is C13H19N5. The van der Waals surface area contributed by atoms with Gasteiger partial charge in [-0.1, -0.05) is 13.8 Å². The predicted molar refractivity (Wildman–Crippen MR) is 72.1 cm³/mol. The molecule has 5 nitrogen and oxygen atoms in total. The molecule has 0 aliphatic carbocycles. The fourth-order valence-electron chi connectivity index (χ4n) is 1.79. The van der Waals surface area contributed by atoms with Crippen LogP contribution in [0.3, 0.4) is 0 Å². The summed E-state index contributed by atoms with van der Waals surface area (Å²) in [4.78, 5) is 13.0. The van der Waals surface area contributed by atoms with E-state index in [0.29, 0.717) is 23.6 Å². The number of nitrogens with zero attached hydrogens (tertiary/aromatic N) is 4. The zero-order valence-corrected chi connectivity index (χ0v) is 11.3. The van der Waals surface area contributed by atoms with Gasteiger partial charge in [-0.25, -0.2) is 15.0 Å². The maximum absolute atomic E-state index is 5.85. The molecule has 0 atom stereocenters. The molecule has 0 unspecified atom stereocenters. The minimum Gasteiger partial charge on any atom is -0.384 e. The van der Waals surface area contributed by atoms with E-state index in [1.165, 1.54) is 0 Å². The molecule has 0 radical (unpaired) electrons. The van der Waals surface area contributed by atoms with E-state index in [2.05, 4.69) is 42.6 Å². The van der Waals surface area contributed by atoms with Crippen molar-refractivity contribution in [3.05, 3.63) is 24.3 Å². The van der Waals surface area contributed by atoms with Crippen LogP contribution in [0, 0.1) is 0 Å². The fourth-order valence-corrected chi connectivity index (χ4v) is 1.79. The van der Waals surface area contributed by atoms with Crippen molar-refractivity contribution in [3.8, 4) is 11.5 Å². The average Bonchev–Trinajstić information content (AvgIpc) is 2.76. The van der Waals surface area contributed by atoms with Gasteiger partial charge in [-0.3, -0.25) is 0 Å². The molecule has 0 spiro atoms. The number of nitrogens with two attached hydrogens (primary N) is 1. The number of rotatable bonds is 3. The quantitative estimate of drug-likeness (QED) is 0.902. The molecule has 0 bridgehead atoms. The monoisotopic (exact) mass is 245 g/mol.